The minimum Gasteiger partial charge on any atom is -0.256 e. The molecule has 2 aromatic heterocycles. The number of aromatic nitrogens is 2. The summed E-state index contributed by atoms with van der Waals surface area (Å²) in [6.07, 6.45) is 1.86. The lowest BCUT2D eigenvalue weighted by Gasteiger charge is -2.14. The number of hydrogen-bond acceptors (Lipinski definition) is 2. The van der Waals surface area contributed by atoms with E-state index in [1.54, 1.807) is 0 Å². The maximum atomic E-state index is 13.1. The number of hydrogen-bond donors (Lipinski definition) is 0. The summed E-state index contributed by atoms with van der Waals surface area (Å²) in [5.41, 5.74) is 2.50. The third-order valence-corrected chi connectivity index (χ3v) is 3.92. The van der Waals surface area contributed by atoms with E-state index in [0.29, 0.717) is 22.2 Å². The van der Waals surface area contributed by atoms with Crippen LogP contribution in [-0.2, 0) is 6.42 Å². The average molecular weight is 327 g/mol. The van der Waals surface area contributed by atoms with Crippen molar-refractivity contribution in [2.45, 2.75) is 39.0 Å². The van der Waals surface area contributed by atoms with Gasteiger partial charge in [-0.2, -0.15) is 0 Å². The molecule has 0 aliphatic heterocycles. The summed E-state index contributed by atoms with van der Waals surface area (Å²) in [6, 6.07) is 5.06. The molecule has 0 aliphatic rings. The van der Waals surface area contributed by atoms with E-state index in [1.807, 2.05) is 19.1 Å². The number of pyridine rings is 2. The summed E-state index contributed by atoms with van der Waals surface area (Å²) < 4.78 is 13.1. The van der Waals surface area contributed by atoms with Crippen molar-refractivity contribution in [1.82, 2.24) is 9.97 Å². The van der Waals surface area contributed by atoms with Gasteiger partial charge >= 0.3 is 0 Å². The fourth-order valence-corrected chi connectivity index (χ4v) is 2.88. The van der Waals surface area contributed by atoms with E-state index in [2.05, 4.69) is 23.8 Å². The Bertz CT molecular complexity index is 644. The van der Waals surface area contributed by atoms with Crippen molar-refractivity contribution in [3.05, 3.63) is 57.3 Å². The van der Waals surface area contributed by atoms with Crippen LogP contribution in [0, 0.1) is 5.82 Å². The summed E-state index contributed by atoms with van der Waals surface area (Å²) in [5, 5.41) is 1.03. The first-order valence-corrected chi connectivity index (χ1v) is 7.60. The molecular weight excluding hydrogens is 310 g/mol. The van der Waals surface area contributed by atoms with Gasteiger partial charge in [0.05, 0.1) is 27.6 Å². The topological polar surface area (TPSA) is 25.8 Å². The van der Waals surface area contributed by atoms with Gasteiger partial charge in [-0.25, -0.2) is 4.39 Å². The van der Waals surface area contributed by atoms with Crippen molar-refractivity contribution >= 4 is 23.2 Å². The third kappa shape index (κ3) is 3.92. The largest absolute Gasteiger partial charge is 0.256 e. The monoisotopic (exact) mass is 326 g/mol. The minimum absolute atomic E-state index is 0.0480. The second-order valence-electron chi connectivity index (χ2n) is 5.45. The molecule has 0 radical (unpaired) electrons. The Labute approximate surface area is 134 Å². The van der Waals surface area contributed by atoms with Gasteiger partial charge in [0.15, 0.2) is 0 Å². The van der Waals surface area contributed by atoms with Gasteiger partial charge in [-0.3, -0.25) is 9.97 Å². The molecule has 112 valence electrons. The molecule has 21 heavy (non-hydrogen) atoms. The zero-order valence-electron chi connectivity index (χ0n) is 12.2. The summed E-state index contributed by atoms with van der Waals surface area (Å²) in [6.45, 7) is 6.11. The normalized spacial score (nSPS) is 12.7. The van der Waals surface area contributed by atoms with Crippen LogP contribution in [0.2, 0.25) is 10.0 Å². The first kappa shape index (κ1) is 16.2. The lowest BCUT2D eigenvalue weighted by Crippen LogP contribution is -2.06. The van der Waals surface area contributed by atoms with Crippen LogP contribution in [0.1, 0.15) is 49.7 Å². The highest BCUT2D eigenvalue weighted by molar-refractivity contribution is 6.31. The maximum Gasteiger partial charge on any atom is 0.142 e. The molecular formula is C16H17Cl2FN2. The fourth-order valence-electron chi connectivity index (χ4n) is 2.22. The van der Waals surface area contributed by atoms with Crippen LogP contribution in [0.5, 0.6) is 0 Å². The van der Waals surface area contributed by atoms with E-state index < -0.39 is 5.82 Å². The quantitative estimate of drug-likeness (QED) is 0.752. The Morgan fingerprint density at radius 3 is 2.43 bits per heavy atom. The molecule has 2 nitrogen and oxygen atoms in total. The summed E-state index contributed by atoms with van der Waals surface area (Å²) in [7, 11) is 0. The zero-order valence-corrected chi connectivity index (χ0v) is 13.7. The highest BCUT2D eigenvalue weighted by Gasteiger charge is 2.15. The van der Waals surface area contributed by atoms with Gasteiger partial charge in [-0.15, -0.1) is 0 Å². The number of halogens is 3. The van der Waals surface area contributed by atoms with Crippen LogP contribution in [0.4, 0.5) is 4.39 Å². The minimum atomic E-state index is -0.428. The highest BCUT2D eigenvalue weighted by Crippen LogP contribution is 2.27. The molecule has 0 saturated carbocycles. The predicted octanol–water partition coefficient (Wildman–Crippen LogP) is 5.39. The molecule has 2 rings (SSSR count). The van der Waals surface area contributed by atoms with Crippen LogP contribution >= 0.6 is 23.2 Å². The molecule has 2 aromatic rings. The van der Waals surface area contributed by atoms with E-state index in [-0.39, 0.29) is 11.8 Å². The maximum absolute atomic E-state index is 13.1. The molecule has 0 spiro atoms. The van der Waals surface area contributed by atoms with Crippen LogP contribution < -0.4 is 0 Å². The van der Waals surface area contributed by atoms with Gasteiger partial charge in [0.2, 0.25) is 0 Å². The second kappa shape index (κ2) is 6.71. The molecule has 0 aromatic carbocycles. The molecule has 5 heteroatoms. The van der Waals surface area contributed by atoms with Crippen LogP contribution in [-0.4, -0.2) is 9.97 Å². The first-order chi connectivity index (χ1) is 9.88. The van der Waals surface area contributed by atoms with Crippen LogP contribution in [0.3, 0.4) is 0 Å². The van der Waals surface area contributed by atoms with Gasteiger partial charge in [0.25, 0.3) is 0 Å². The number of nitrogens with zero attached hydrogens (tertiary/aromatic N) is 2. The second-order valence-corrected chi connectivity index (χ2v) is 6.26. The van der Waals surface area contributed by atoms with Crippen molar-refractivity contribution < 1.29 is 4.39 Å². The lowest BCUT2D eigenvalue weighted by atomic mass is 9.99. The van der Waals surface area contributed by atoms with E-state index in [1.165, 1.54) is 12.3 Å². The van der Waals surface area contributed by atoms with Crippen molar-refractivity contribution in [3.63, 3.8) is 0 Å². The highest BCUT2D eigenvalue weighted by atomic mass is 35.5. The van der Waals surface area contributed by atoms with Crippen molar-refractivity contribution in [3.8, 4) is 0 Å². The molecule has 1 atom stereocenters. The standard InChI is InChI=1S/C16H17Cl2FN2/c1-9(2)15-13(17)5-4-12(21-15)6-10(3)16-14(18)7-11(19)8-20-16/h4-5,7-10H,6H2,1-3H3. The van der Waals surface area contributed by atoms with Gasteiger partial charge in [-0.1, -0.05) is 44.0 Å². The molecule has 2 heterocycles. The first-order valence-electron chi connectivity index (χ1n) is 6.84. The Morgan fingerprint density at radius 2 is 1.81 bits per heavy atom. The molecule has 0 amide bonds. The van der Waals surface area contributed by atoms with Crippen LogP contribution in [0.25, 0.3) is 0 Å². The smallest absolute Gasteiger partial charge is 0.142 e. The number of rotatable bonds is 4. The summed E-state index contributed by atoms with van der Waals surface area (Å²) in [4.78, 5) is 8.70. The Morgan fingerprint density at radius 1 is 1.10 bits per heavy atom. The molecule has 0 saturated heterocycles. The molecule has 0 aliphatic carbocycles. The fraction of sp³-hybridized carbons (Fsp3) is 0.375. The van der Waals surface area contributed by atoms with E-state index in [0.717, 1.165) is 11.4 Å². The van der Waals surface area contributed by atoms with Gasteiger partial charge < -0.3 is 0 Å². The average Bonchev–Trinajstić information content (AvgIpc) is 2.40. The Kier molecular flexibility index (Phi) is 5.17. The van der Waals surface area contributed by atoms with Crippen molar-refractivity contribution in [2.24, 2.45) is 0 Å². The summed E-state index contributed by atoms with van der Waals surface area (Å²) >= 11 is 12.2. The molecule has 0 bridgehead atoms. The molecule has 0 N–H and O–H groups in total. The van der Waals surface area contributed by atoms with Gasteiger partial charge in [0.1, 0.15) is 5.82 Å². The molecule has 1 unspecified atom stereocenters. The predicted molar refractivity (Wildman–Crippen MR) is 84.7 cm³/mol. The molecule has 0 fully saturated rings. The third-order valence-electron chi connectivity index (χ3n) is 3.30. The van der Waals surface area contributed by atoms with Gasteiger partial charge in [0, 0.05) is 11.6 Å². The van der Waals surface area contributed by atoms with E-state index >= 15 is 0 Å². The lowest BCUT2D eigenvalue weighted by molar-refractivity contribution is 0.614. The zero-order chi connectivity index (χ0) is 15.6. The Hall–Kier alpha value is -1.19. The van der Waals surface area contributed by atoms with E-state index in [9.17, 15) is 4.39 Å². The SMILES string of the molecule is CC(C)c1nc(CC(C)c2ncc(F)cc2Cl)ccc1Cl. The summed E-state index contributed by atoms with van der Waals surface area (Å²) in [5.74, 6) is -0.116. The van der Waals surface area contributed by atoms with Crippen molar-refractivity contribution in [2.75, 3.05) is 0 Å². The van der Waals surface area contributed by atoms with Crippen LogP contribution in [0.15, 0.2) is 24.4 Å². The van der Waals surface area contributed by atoms with Gasteiger partial charge in [-0.05, 0) is 30.5 Å². The van der Waals surface area contributed by atoms with Crippen molar-refractivity contribution in [1.29, 1.82) is 0 Å². The van der Waals surface area contributed by atoms with E-state index in [4.69, 9.17) is 23.2 Å². The Balaban J connectivity index is 2.23.